The van der Waals surface area contributed by atoms with Gasteiger partial charge < -0.3 is 5.32 Å². The van der Waals surface area contributed by atoms with Crippen LogP contribution in [0.15, 0.2) is 53.4 Å². The molecule has 2 aromatic carbocycles. The lowest BCUT2D eigenvalue weighted by atomic mass is 10.0. The van der Waals surface area contributed by atoms with E-state index in [1.54, 1.807) is 41.5 Å². The average molecular weight is 417 g/mol. The molecule has 2 rings (SSSR count). The summed E-state index contributed by atoms with van der Waals surface area (Å²) in [5.74, 6) is -1.23. The molecule has 0 aromatic heterocycles. The van der Waals surface area contributed by atoms with E-state index in [0.717, 1.165) is 16.9 Å². The number of hydrogen-bond acceptors (Lipinski definition) is 4. The summed E-state index contributed by atoms with van der Waals surface area (Å²) in [6.45, 7) is 0.413. The van der Waals surface area contributed by atoms with Crippen molar-refractivity contribution in [2.75, 3.05) is 12.8 Å². The molecule has 7 heteroatoms. The normalized spacial score (nSPS) is 11.2. The third-order valence-electron chi connectivity index (χ3n) is 4.33. The summed E-state index contributed by atoms with van der Waals surface area (Å²) in [7, 11) is 0. The Balaban J connectivity index is 2.07. The van der Waals surface area contributed by atoms with Crippen LogP contribution in [0.2, 0.25) is 0 Å². The second kappa shape index (κ2) is 12.0. The number of amides is 2. The molecule has 0 unspecified atom stereocenters. The maximum Gasteiger partial charge on any atom is 0.252 e. The number of unbranched alkanes of at least 4 members (excludes halogenated alkanes) is 2. The standard InChI is InChI=1S/C22H25FN2O3S/c1-29-17-12-10-16(11-13-17)15-19(18-7-4-5-8-20(18)23)22(27)24-14-6-2-3-9-21(26)25-28/h4-5,7-8,10-13,15,28H,2-3,6,9,14H2,1H3,(H,24,27)(H,25,26). The number of hydroxylamine groups is 1. The van der Waals surface area contributed by atoms with Crippen molar-refractivity contribution >= 4 is 35.2 Å². The molecule has 2 aromatic rings. The van der Waals surface area contributed by atoms with Gasteiger partial charge in [-0.3, -0.25) is 14.8 Å². The molecule has 0 radical (unpaired) electrons. The van der Waals surface area contributed by atoms with Crippen LogP contribution in [0, 0.1) is 5.82 Å². The maximum atomic E-state index is 14.3. The zero-order chi connectivity index (χ0) is 21.1. The van der Waals surface area contributed by atoms with E-state index in [0.29, 0.717) is 19.4 Å². The number of nitrogens with one attached hydrogen (secondary N) is 2. The number of carbonyl (C=O) groups excluding carboxylic acids is 2. The van der Waals surface area contributed by atoms with Gasteiger partial charge in [0.15, 0.2) is 0 Å². The average Bonchev–Trinajstić information content (AvgIpc) is 2.75. The second-order valence-electron chi connectivity index (χ2n) is 6.41. The summed E-state index contributed by atoms with van der Waals surface area (Å²) < 4.78 is 14.3. The third kappa shape index (κ3) is 7.36. The van der Waals surface area contributed by atoms with E-state index in [9.17, 15) is 14.0 Å². The quantitative estimate of drug-likeness (QED) is 0.135. The molecule has 29 heavy (non-hydrogen) atoms. The van der Waals surface area contributed by atoms with Crippen molar-refractivity contribution in [1.82, 2.24) is 10.8 Å². The van der Waals surface area contributed by atoms with Crippen molar-refractivity contribution < 1.29 is 19.2 Å². The van der Waals surface area contributed by atoms with Crippen LogP contribution in [0.1, 0.15) is 36.8 Å². The smallest absolute Gasteiger partial charge is 0.252 e. The molecule has 0 spiro atoms. The summed E-state index contributed by atoms with van der Waals surface area (Å²) in [6, 6.07) is 13.9. The molecule has 0 bridgehead atoms. The van der Waals surface area contributed by atoms with E-state index < -0.39 is 11.7 Å². The number of thioether (sulfide) groups is 1. The first kappa shape index (κ1) is 22.6. The van der Waals surface area contributed by atoms with Gasteiger partial charge in [0.2, 0.25) is 5.91 Å². The van der Waals surface area contributed by atoms with Crippen LogP contribution in [-0.2, 0) is 9.59 Å². The first-order chi connectivity index (χ1) is 14.0. The molecule has 5 nitrogen and oxygen atoms in total. The van der Waals surface area contributed by atoms with E-state index >= 15 is 0 Å². The topological polar surface area (TPSA) is 78.4 Å². The number of halogens is 1. The van der Waals surface area contributed by atoms with Crippen molar-refractivity contribution in [2.45, 2.75) is 30.6 Å². The SMILES string of the molecule is CSc1ccc(C=C(C(=O)NCCCCCC(=O)NO)c2ccccc2F)cc1. The molecular formula is C22H25FN2O3S. The summed E-state index contributed by atoms with van der Waals surface area (Å²) in [4.78, 5) is 24.8. The number of benzene rings is 2. The monoisotopic (exact) mass is 416 g/mol. The Labute approximate surface area is 174 Å². The van der Waals surface area contributed by atoms with Crippen molar-refractivity contribution in [3.8, 4) is 0 Å². The van der Waals surface area contributed by atoms with E-state index in [-0.39, 0.29) is 23.5 Å². The van der Waals surface area contributed by atoms with Gasteiger partial charge in [0, 0.05) is 23.4 Å². The minimum Gasteiger partial charge on any atom is -0.352 e. The summed E-state index contributed by atoms with van der Waals surface area (Å²) in [5, 5.41) is 11.3. The van der Waals surface area contributed by atoms with Gasteiger partial charge in [-0.1, -0.05) is 36.8 Å². The highest BCUT2D eigenvalue weighted by atomic mass is 32.2. The molecule has 0 atom stereocenters. The molecule has 0 aliphatic heterocycles. The molecule has 0 saturated carbocycles. The fraction of sp³-hybridized carbons (Fsp3) is 0.273. The van der Waals surface area contributed by atoms with E-state index in [1.807, 2.05) is 30.5 Å². The van der Waals surface area contributed by atoms with E-state index in [2.05, 4.69) is 5.32 Å². The van der Waals surface area contributed by atoms with Gasteiger partial charge in [0.25, 0.3) is 5.91 Å². The van der Waals surface area contributed by atoms with Gasteiger partial charge in [-0.15, -0.1) is 11.8 Å². The van der Waals surface area contributed by atoms with E-state index in [1.165, 1.54) is 6.07 Å². The van der Waals surface area contributed by atoms with Gasteiger partial charge in [0.05, 0.1) is 5.57 Å². The predicted molar refractivity (Wildman–Crippen MR) is 114 cm³/mol. The maximum absolute atomic E-state index is 14.3. The number of carbonyl (C=O) groups is 2. The molecule has 3 N–H and O–H groups in total. The van der Waals surface area contributed by atoms with Crippen LogP contribution >= 0.6 is 11.8 Å². The highest BCUT2D eigenvalue weighted by Gasteiger charge is 2.15. The van der Waals surface area contributed by atoms with Crippen LogP contribution in [0.3, 0.4) is 0 Å². The molecular weight excluding hydrogens is 391 g/mol. The highest BCUT2D eigenvalue weighted by molar-refractivity contribution is 7.98. The Bertz CT molecular complexity index is 853. The first-order valence-corrected chi connectivity index (χ1v) is 10.6. The Morgan fingerprint density at radius 1 is 1.07 bits per heavy atom. The van der Waals surface area contributed by atoms with E-state index in [4.69, 9.17) is 5.21 Å². The zero-order valence-corrected chi connectivity index (χ0v) is 17.1. The van der Waals surface area contributed by atoms with Crippen molar-refractivity contribution in [3.63, 3.8) is 0 Å². The Morgan fingerprint density at radius 2 is 1.79 bits per heavy atom. The van der Waals surface area contributed by atoms with Crippen LogP contribution in [-0.4, -0.2) is 29.8 Å². The molecule has 0 aliphatic carbocycles. The summed E-state index contributed by atoms with van der Waals surface area (Å²) in [5.41, 5.74) is 2.91. The minimum absolute atomic E-state index is 0.233. The first-order valence-electron chi connectivity index (χ1n) is 9.37. The van der Waals surface area contributed by atoms with Crippen LogP contribution in [0.5, 0.6) is 0 Å². The van der Waals surface area contributed by atoms with Gasteiger partial charge in [-0.2, -0.15) is 0 Å². The lowest BCUT2D eigenvalue weighted by Gasteiger charge is -2.11. The van der Waals surface area contributed by atoms with Crippen molar-refractivity contribution in [3.05, 3.63) is 65.5 Å². The highest BCUT2D eigenvalue weighted by Crippen LogP contribution is 2.23. The number of rotatable bonds is 10. The predicted octanol–water partition coefficient (Wildman–Crippen LogP) is 4.27. The van der Waals surface area contributed by atoms with Gasteiger partial charge >= 0.3 is 0 Å². The van der Waals surface area contributed by atoms with Gasteiger partial charge in [0.1, 0.15) is 5.82 Å². The summed E-state index contributed by atoms with van der Waals surface area (Å²) >= 11 is 1.62. The van der Waals surface area contributed by atoms with Crippen molar-refractivity contribution in [2.24, 2.45) is 0 Å². The van der Waals surface area contributed by atoms with Crippen LogP contribution in [0.25, 0.3) is 11.6 Å². The minimum atomic E-state index is -0.454. The molecule has 2 amide bonds. The molecule has 0 heterocycles. The fourth-order valence-corrected chi connectivity index (χ4v) is 3.16. The van der Waals surface area contributed by atoms with Gasteiger partial charge in [-0.25, -0.2) is 9.87 Å². The Hall–Kier alpha value is -2.64. The largest absolute Gasteiger partial charge is 0.352 e. The Kier molecular flexibility index (Phi) is 9.40. The molecule has 0 aliphatic rings. The lowest BCUT2D eigenvalue weighted by molar-refractivity contribution is -0.129. The molecule has 154 valence electrons. The lowest BCUT2D eigenvalue weighted by Crippen LogP contribution is -2.26. The third-order valence-corrected chi connectivity index (χ3v) is 5.07. The summed E-state index contributed by atoms with van der Waals surface area (Å²) in [6.07, 6.45) is 5.92. The van der Waals surface area contributed by atoms with Gasteiger partial charge in [-0.05, 0) is 48.9 Å². The Morgan fingerprint density at radius 3 is 2.45 bits per heavy atom. The molecule has 0 saturated heterocycles. The number of hydrogen-bond donors (Lipinski definition) is 3. The molecule has 0 fully saturated rings. The second-order valence-corrected chi connectivity index (χ2v) is 7.29. The van der Waals surface area contributed by atoms with Crippen LogP contribution < -0.4 is 10.8 Å². The zero-order valence-electron chi connectivity index (χ0n) is 16.3. The fourth-order valence-electron chi connectivity index (χ4n) is 2.75. The van der Waals surface area contributed by atoms with Crippen LogP contribution in [0.4, 0.5) is 4.39 Å². The van der Waals surface area contributed by atoms with Crippen molar-refractivity contribution in [1.29, 1.82) is 0 Å².